The van der Waals surface area contributed by atoms with E-state index in [1.807, 2.05) is 27.7 Å². The van der Waals surface area contributed by atoms with Crippen LogP contribution in [-0.2, 0) is 96.2 Å². The molecule has 4 spiro atoms. The summed E-state index contributed by atoms with van der Waals surface area (Å²) in [6.45, 7) is 16.4. The minimum atomic E-state index is -1.18. The van der Waals surface area contributed by atoms with E-state index in [9.17, 15) is 9.59 Å². The van der Waals surface area contributed by atoms with Crippen molar-refractivity contribution in [1.29, 1.82) is 0 Å². The first-order valence-electron chi connectivity index (χ1n) is 33.6. The summed E-state index contributed by atoms with van der Waals surface area (Å²) in [5.41, 5.74) is -6.61. The predicted molar refractivity (Wildman–Crippen MR) is 289 cm³/mol. The van der Waals surface area contributed by atoms with Gasteiger partial charge in [0.1, 0.15) is 0 Å². The van der Waals surface area contributed by atoms with E-state index in [2.05, 4.69) is 27.7 Å². The summed E-state index contributed by atoms with van der Waals surface area (Å²) in [5, 5.41) is 0. The van der Waals surface area contributed by atoms with Gasteiger partial charge in [-0.15, -0.1) is 0 Å². The van der Waals surface area contributed by atoms with Crippen molar-refractivity contribution in [3.8, 4) is 0 Å². The molecule has 20 fully saturated rings. The molecule has 16 heterocycles. The minimum absolute atomic E-state index is 0.0142. The van der Waals surface area contributed by atoms with Crippen molar-refractivity contribution >= 4 is 23.9 Å². The maximum Gasteiger partial charge on any atom is 0.314 e. The number of hydrogen-bond acceptors (Lipinski definition) is 20. The largest absolute Gasteiger partial charge is 0.432 e. The molecule has 4 aliphatic carbocycles. The summed E-state index contributed by atoms with van der Waals surface area (Å²) < 4.78 is 52.7. The first kappa shape index (κ1) is 57.6. The van der Waals surface area contributed by atoms with Crippen molar-refractivity contribution in [3.63, 3.8) is 0 Å². The Morgan fingerprint density at radius 1 is 0.341 bits per heavy atom. The monoisotopic (exact) mass is 1190 g/mol. The summed E-state index contributed by atoms with van der Waals surface area (Å²) in [6.07, 6.45) is 12.8. The average Bonchev–Trinajstić information content (AvgIpc) is 1.71. The van der Waals surface area contributed by atoms with Crippen molar-refractivity contribution in [2.24, 2.45) is 93.7 Å². The number of carbonyl (C=O) groups is 4. The first-order valence-corrected chi connectivity index (χ1v) is 33.6. The van der Waals surface area contributed by atoms with Gasteiger partial charge in [0.25, 0.3) is 0 Å². The average molecular weight is 1190 g/mol. The summed E-state index contributed by atoms with van der Waals surface area (Å²) in [7, 11) is 0. The van der Waals surface area contributed by atoms with E-state index < -0.39 is 105 Å². The Morgan fingerprint density at radius 2 is 0.647 bits per heavy atom. The van der Waals surface area contributed by atoms with E-state index in [0.29, 0.717) is 77.0 Å². The van der Waals surface area contributed by atoms with Crippen LogP contribution >= 0.6 is 0 Å². The molecule has 4 saturated carbocycles. The highest BCUT2D eigenvalue weighted by molar-refractivity contribution is 5.82. The van der Waals surface area contributed by atoms with Crippen LogP contribution in [0.15, 0.2) is 0 Å². The second-order valence-electron chi connectivity index (χ2n) is 31.4. The predicted octanol–water partition coefficient (Wildman–Crippen LogP) is 10.8. The van der Waals surface area contributed by atoms with Crippen LogP contribution in [0.5, 0.6) is 0 Å². The fourth-order valence-electron chi connectivity index (χ4n) is 22.6. The summed E-state index contributed by atoms with van der Waals surface area (Å²) in [6, 6.07) is 0. The van der Waals surface area contributed by atoms with E-state index in [1.165, 1.54) is 0 Å². The Hall–Kier alpha value is -2.60. The maximum atomic E-state index is 15.7. The van der Waals surface area contributed by atoms with Crippen molar-refractivity contribution in [3.05, 3.63) is 0 Å². The first-order chi connectivity index (χ1) is 40.6. The number of rotatable bonds is 12. The van der Waals surface area contributed by atoms with Crippen LogP contribution in [0.4, 0.5) is 0 Å². The van der Waals surface area contributed by atoms with Crippen molar-refractivity contribution < 1.29 is 96.2 Å². The Balaban J connectivity index is 0.698. The third-order valence-electron chi connectivity index (χ3n) is 27.0. The lowest BCUT2D eigenvalue weighted by molar-refractivity contribution is -0.564. The van der Waals surface area contributed by atoms with Gasteiger partial charge in [0, 0.05) is 73.0 Å². The second-order valence-corrected chi connectivity index (χ2v) is 31.4. The van der Waals surface area contributed by atoms with E-state index >= 15 is 9.59 Å². The molecule has 0 aromatic heterocycles. The molecule has 0 radical (unpaired) electrons. The standard InChI is InChI=1S/C65H92O20/c1-34-14-18-44-38(48(66)70-52-62(44)40(34)22-28-56(5,74-52)78-82-62)32-60(46-20-16-36(3)42-24-30-58(7)76-54(72-50(60)68)64(42,46)84-80-58)26-12-10-9-11-13-27-61(47-21-17-37(4)43-25-31-59(8)77-55(73-51(61)69)65(43,47)85-81-59)33-39-45-19-15-35(2)41-23-29-57(6)75-53(71-49(39)67)63(41,45)83-79-57/h34-47,52-55H,9-33H2,1-8H3/t34-,35-,36-,37-,38+,39+,40+,41+,42+,43+,44+,45+,46+,47+,52-,53-,54-,55-,56+,57+,58+,59+,60-,61-,62-,63-,64-,65-/m1/s1. The fraction of sp³-hybridized carbons (Fsp3) is 0.938. The second kappa shape index (κ2) is 19.5. The number of fused-ring (bicyclic) bond motifs is 8. The van der Waals surface area contributed by atoms with Gasteiger partial charge in [-0.1, -0.05) is 59.8 Å². The number of unbranched alkanes of at least 4 members (excludes halogenated alkanes) is 4. The third-order valence-corrected chi connectivity index (χ3v) is 27.0. The molecule has 8 bridgehead atoms. The topological polar surface area (TPSA) is 216 Å². The van der Waals surface area contributed by atoms with E-state index in [1.54, 1.807) is 0 Å². The van der Waals surface area contributed by atoms with Crippen LogP contribution in [0, 0.1) is 93.7 Å². The highest BCUT2D eigenvalue weighted by Gasteiger charge is 2.80. The third kappa shape index (κ3) is 7.87. The Morgan fingerprint density at radius 3 is 1.01 bits per heavy atom. The molecule has 20 nitrogen and oxygen atoms in total. The zero-order chi connectivity index (χ0) is 58.7. The van der Waals surface area contributed by atoms with E-state index in [4.69, 9.17) is 77.0 Å². The Bertz CT molecular complexity index is 2550. The van der Waals surface area contributed by atoms with Gasteiger partial charge in [-0.25, -0.2) is 39.1 Å². The van der Waals surface area contributed by atoms with Gasteiger partial charge in [-0.2, -0.15) is 0 Å². The molecular weight excluding hydrogens is 1100 g/mol. The molecule has 85 heavy (non-hydrogen) atoms. The van der Waals surface area contributed by atoms with Crippen molar-refractivity contribution in [1.82, 2.24) is 0 Å². The van der Waals surface area contributed by atoms with E-state index in [0.717, 1.165) is 70.6 Å². The Kier molecular flexibility index (Phi) is 13.2. The number of hydrogen-bond donors (Lipinski definition) is 0. The number of carbonyl (C=O) groups excluding carboxylic acids is 4. The summed E-state index contributed by atoms with van der Waals surface area (Å²) >= 11 is 0. The molecule has 20 aliphatic rings. The fourth-order valence-corrected chi connectivity index (χ4v) is 22.6. The molecular formula is C65H92O20. The number of ether oxygens (including phenoxy) is 8. The lowest BCUT2D eigenvalue weighted by Crippen LogP contribution is -2.74. The summed E-state index contributed by atoms with van der Waals surface area (Å²) in [4.78, 5) is 113. The molecule has 0 aromatic rings. The Labute approximate surface area is 498 Å². The highest BCUT2D eigenvalue weighted by Crippen LogP contribution is 2.70. The molecule has 0 unspecified atom stereocenters. The zero-order valence-corrected chi connectivity index (χ0v) is 51.2. The molecule has 16 saturated heterocycles. The van der Waals surface area contributed by atoms with Crippen LogP contribution < -0.4 is 0 Å². The highest BCUT2D eigenvalue weighted by atomic mass is 17.3. The molecule has 20 heteroatoms. The summed E-state index contributed by atoms with van der Waals surface area (Å²) in [5.74, 6) is -7.62. The molecule has 28 atom stereocenters. The van der Waals surface area contributed by atoms with Crippen molar-refractivity contribution in [2.75, 3.05) is 0 Å². The van der Waals surface area contributed by atoms with E-state index in [-0.39, 0.29) is 95.9 Å². The van der Waals surface area contributed by atoms with Gasteiger partial charge in [0.2, 0.25) is 48.3 Å². The quantitative estimate of drug-likeness (QED) is 0.0768. The van der Waals surface area contributed by atoms with Gasteiger partial charge in [-0.05, 0) is 154 Å². The van der Waals surface area contributed by atoms with Crippen LogP contribution in [0.1, 0.15) is 216 Å². The molecule has 0 aromatic carbocycles. The lowest BCUT2D eigenvalue weighted by Gasteiger charge is -2.63. The molecule has 472 valence electrons. The number of esters is 4. The van der Waals surface area contributed by atoms with Crippen LogP contribution in [-0.4, -0.2) is 94.6 Å². The van der Waals surface area contributed by atoms with Crippen LogP contribution in [0.3, 0.4) is 0 Å². The molecule has 16 aliphatic heterocycles. The smallest absolute Gasteiger partial charge is 0.314 e. The van der Waals surface area contributed by atoms with Crippen molar-refractivity contribution in [2.45, 2.75) is 287 Å². The van der Waals surface area contributed by atoms with Gasteiger partial charge >= 0.3 is 23.9 Å². The van der Waals surface area contributed by atoms with Crippen LogP contribution in [0.25, 0.3) is 0 Å². The molecule has 20 rings (SSSR count). The molecule has 0 N–H and O–H groups in total. The molecule has 0 amide bonds. The van der Waals surface area contributed by atoms with Crippen LogP contribution in [0.2, 0.25) is 0 Å². The minimum Gasteiger partial charge on any atom is -0.432 e. The maximum absolute atomic E-state index is 15.7. The van der Waals surface area contributed by atoms with Gasteiger partial charge in [-0.3, -0.25) is 19.2 Å². The zero-order valence-electron chi connectivity index (χ0n) is 51.2. The normalized spacial score (nSPS) is 57.5. The lowest BCUT2D eigenvalue weighted by atomic mass is 9.49. The SMILES string of the molecule is C[C@@H]1CC[C@H]2[C@H](C[C@@]3(CCCCCCC[C@]4(C[C@@H]5C(=O)O[C@@H]6O[C@]7(C)CC[C@H]8[C@H](C)CC[C@@H]5[C@@]68OO7)C(=O)O[C@@H]5O[C@]6(C)CC[C@H]7[C@H](C)CC[C@@H]4[C@@]57OO6)C(=O)O[C@@H]4O[C@]5(C)CC[C@H]6[C@H](C)CC[C@@H]3[C@@]46OO5)C(=O)O[C@@H]3O[C@]4(C)CC[C@@H]1[C@]32OO4. The van der Waals surface area contributed by atoms with Gasteiger partial charge in [0.05, 0.1) is 22.7 Å². The van der Waals surface area contributed by atoms with Gasteiger partial charge in [0.15, 0.2) is 22.4 Å². The van der Waals surface area contributed by atoms with Gasteiger partial charge < -0.3 is 37.9 Å².